The van der Waals surface area contributed by atoms with Crippen LogP contribution in [0.3, 0.4) is 0 Å². The standard InChI is InChI=1S/C11H9N3S/c1-8-7-15-11-13-10(6-14(8)11)9-4-2-3-5-12-9/h2-7H,1H3. The molecule has 0 fully saturated rings. The molecule has 0 saturated carbocycles. The number of aryl methyl sites for hydroxylation is 1. The number of imidazole rings is 1. The molecule has 3 heterocycles. The fourth-order valence-corrected chi connectivity index (χ4v) is 2.38. The lowest BCUT2D eigenvalue weighted by Crippen LogP contribution is -1.81. The Hall–Kier alpha value is -1.68. The average molecular weight is 215 g/mol. The first kappa shape index (κ1) is 8.61. The highest BCUT2D eigenvalue weighted by Gasteiger charge is 2.07. The van der Waals surface area contributed by atoms with Gasteiger partial charge in [0.25, 0.3) is 0 Å². The second kappa shape index (κ2) is 3.17. The van der Waals surface area contributed by atoms with Crippen LogP contribution in [0.1, 0.15) is 5.69 Å². The molecule has 0 aliphatic carbocycles. The normalized spacial score (nSPS) is 11.0. The maximum Gasteiger partial charge on any atom is 0.194 e. The maximum atomic E-state index is 4.52. The zero-order chi connectivity index (χ0) is 10.3. The molecular weight excluding hydrogens is 206 g/mol. The predicted octanol–water partition coefficient (Wildman–Crippen LogP) is 2.77. The summed E-state index contributed by atoms with van der Waals surface area (Å²) < 4.78 is 2.09. The van der Waals surface area contributed by atoms with Gasteiger partial charge in [0.2, 0.25) is 0 Å². The van der Waals surface area contributed by atoms with Gasteiger partial charge >= 0.3 is 0 Å². The number of thiazole rings is 1. The molecule has 0 aliphatic heterocycles. The fraction of sp³-hybridized carbons (Fsp3) is 0.0909. The Labute approximate surface area is 91.1 Å². The zero-order valence-corrected chi connectivity index (χ0v) is 9.03. The van der Waals surface area contributed by atoms with E-state index in [2.05, 4.69) is 26.7 Å². The highest BCUT2D eigenvalue weighted by atomic mass is 32.1. The van der Waals surface area contributed by atoms with Crippen LogP contribution in [-0.2, 0) is 0 Å². The van der Waals surface area contributed by atoms with Crippen LogP contribution in [0.5, 0.6) is 0 Å². The van der Waals surface area contributed by atoms with Gasteiger partial charge < -0.3 is 0 Å². The van der Waals surface area contributed by atoms with Gasteiger partial charge in [-0.3, -0.25) is 9.38 Å². The van der Waals surface area contributed by atoms with Crippen LogP contribution in [0.2, 0.25) is 0 Å². The van der Waals surface area contributed by atoms with Crippen LogP contribution in [0.4, 0.5) is 0 Å². The van der Waals surface area contributed by atoms with Crippen molar-refractivity contribution in [2.24, 2.45) is 0 Å². The molecule has 0 bridgehead atoms. The third-order valence-electron chi connectivity index (χ3n) is 2.32. The zero-order valence-electron chi connectivity index (χ0n) is 8.21. The molecule has 3 aromatic rings. The molecule has 15 heavy (non-hydrogen) atoms. The average Bonchev–Trinajstić information content (AvgIpc) is 2.83. The summed E-state index contributed by atoms with van der Waals surface area (Å²) in [6, 6.07) is 5.86. The highest BCUT2D eigenvalue weighted by molar-refractivity contribution is 7.15. The lowest BCUT2D eigenvalue weighted by molar-refractivity contribution is 1.13. The van der Waals surface area contributed by atoms with E-state index in [-0.39, 0.29) is 0 Å². The number of pyridine rings is 1. The SMILES string of the molecule is Cc1csc2nc(-c3ccccn3)cn12. The van der Waals surface area contributed by atoms with E-state index in [0.717, 1.165) is 16.3 Å². The maximum absolute atomic E-state index is 4.52. The predicted molar refractivity (Wildman–Crippen MR) is 61.0 cm³/mol. The number of hydrogen-bond acceptors (Lipinski definition) is 3. The summed E-state index contributed by atoms with van der Waals surface area (Å²) in [5, 5.41) is 2.10. The fourth-order valence-electron chi connectivity index (χ4n) is 1.53. The van der Waals surface area contributed by atoms with Crippen molar-refractivity contribution in [2.75, 3.05) is 0 Å². The summed E-state index contributed by atoms with van der Waals surface area (Å²) >= 11 is 1.65. The van der Waals surface area contributed by atoms with E-state index in [1.807, 2.05) is 24.4 Å². The summed E-state index contributed by atoms with van der Waals surface area (Å²) in [5.74, 6) is 0. The Balaban J connectivity index is 2.20. The van der Waals surface area contributed by atoms with Gasteiger partial charge in [0, 0.05) is 23.5 Å². The molecule has 0 aliphatic rings. The molecule has 0 amide bonds. The van der Waals surface area contributed by atoms with Crippen LogP contribution >= 0.6 is 11.3 Å². The minimum Gasteiger partial charge on any atom is -0.294 e. The molecule has 0 atom stereocenters. The van der Waals surface area contributed by atoms with E-state index in [1.54, 1.807) is 17.5 Å². The van der Waals surface area contributed by atoms with Gasteiger partial charge in [-0.1, -0.05) is 6.07 Å². The monoisotopic (exact) mass is 215 g/mol. The van der Waals surface area contributed by atoms with Crippen LogP contribution < -0.4 is 0 Å². The van der Waals surface area contributed by atoms with E-state index in [9.17, 15) is 0 Å². The third kappa shape index (κ3) is 1.34. The Morgan fingerprint density at radius 3 is 2.93 bits per heavy atom. The molecule has 0 unspecified atom stereocenters. The Kier molecular flexibility index (Phi) is 1.82. The first-order chi connectivity index (χ1) is 7.34. The molecule has 0 aromatic carbocycles. The van der Waals surface area contributed by atoms with Crippen LogP contribution in [0, 0.1) is 6.92 Å². The van der Waals surface area contributed by atoms with Crippen LogP contribution in [0.15, 0.2) is 36.0 Å². The van der Waals surface area contributed by atoms with Crippen molar-refractivity contribution in [1.29, 1.82) is 0 Å². The molecule has 3 aromatic heterocycles. The number of aromatic nitrogens is 3. The smallest absolute Gasteiger partial charge is 0.194 e. The van der Waals surface area contributed by atoms with Gasteiger partial charge in [0.15, 0.2) is 4.96 Å². The number of nitrogens with zero attached hydrogens (tertiary/aromatic N) is 3. The molecule has 3 nitrogen and oxygen atoms in total. The van der Waals surface area contributed by atoms with Gasteiger partial charge in [0.1, 0.15) is 5.69 Å². The molecule has 0 radical (unpaired) electrons. The first-order valence-corrected chi connectivity index (χ1v) is 5.57. The minimum atomic E-state index is 0.924. The van der Waals surface area contributed by atoms with Gasteiger partial charge in [-0.25, -0.2) is 4.98 Å². The molecule has 0 saturated heterocycles. The summed E-state index contributed by atoms with van der Waals surface area (Å²) in [6.07, 6.45) is 3.82. The minimum absolute atomic E-state index is 0.924. The van der Waals surface area contributed by atoms with Gasteiger partial charge in [0.05, 0.1) is 5.69 Å². The third-order valence-corrected chi connectivity index (χ3v) is 3.27. The topological polar surface area (TPSA) is 30.2 Å². The van der Waals surface area contributed by atoms with E-state index >= 15 is 0 Å². The van der Waals surface area contributed by atoms with Gasteiger partial charge in [-0.05, 0) is 19.1 Å². The molecule has 0 spiro atoms. The van der Waals surface area contributed by atoms with Crippen molar-refractivity contribution in [2.45, 2.75) is 6.92 Å². The van der Waals surface area contributed by atoms with Gasteiger partial charge in [-0.2, -0.15) is 0 Å². The number of rotatable bonds is 1. The second-order valence-corrected chi connectivity index (χ2v) is 4.21. The van der Waals surface area contributed by atoms with E-state index in [0.29, 0.717) is 0 Å². The molecule has 3 rings (SSSR count). The van der Waals surface area contributed by atoms with Crippen LogP contribution in [-0.4, -0.2) is 14.4 Å². The highest BCUT2D eigenvalue weighted by Crippen LogP contribution is 2.21. The first-order valence-electron chi connectivity index (χ1n) is 4.69. The van der Waals surface area contributed by atoms with Crippen LogP contribution in [0.25, 0.3) is 16.3 Å². The Bertz CT molecular complexity index is 595. The van der Waals surface area contributed by atoms with Gasteiger partial charge in [-0.15, -0.1) is 11.3 Å². The Morgan fingerprint density at radius 1 is 1.27 bits per heavy atom. The van der Waals surface area contributed by atoms with E-state index in [1.165, 1.54) is 5.69 Å². The Morgan fingerprint density at radius 2 is 2.20 bits per heavy atom. The van der Waals surface area contributed by atoms with E-state index in [4.69, 9.17) is 0 Å². The van der Waals surface area contributed by atoms with Crippen molar-refractivity contribution in [3.8, 4) is 11.4 Å². The molecule has 4 heteroatoms. The summed E-state index contributed by atoms with van der Waals surface area (Å²) in [4.78, 5) is 9.83. The molecule has 0 N–H and O–H groups in total. The largest absolute Gasteiger partial charge is 0.294 e. The van der Waals surface area contributed by atoms with Crippen molar-refractivity contribution in [1.82, 2.24) is 14.4 Å². The van der Waals surface area contributed by atoms with Crippen molar-refractivity contribution in [3.63, 3.8) is 0 Å². The summed E-state index contributed by atoms with van der Waals surface area (Å²) in [5.41, 5.74) is 3.07. The number of fused-ring (bicyclic) bond motifs is 1. The second-order valence-electron chi connectivity index (χ2n) is 3.37. The van der Waals surface area contributed by atoms with Crippen molar-refractivity contribution >= 4 is 16.3 Å². The van der Waals surface area contributed by atoms with Crippen molar-refractivity contribution in [3.05, 3.63) is 41.7 Å². The lowest BCUT2D eigenvalue weighted by atomic mass is 10.3. The van der Waals surface area contributed by atoms with Crippen molar-refractivity contribution < 1.29 is 0 Å². The van der Waals surface area contributed by atoms with E-state index < -0.39 is 0 Å². The summed E-state index contributed by atoms with van der Waals surface area (Å²) in [6.45, 7) is 2.08. The summed E-state index contributed by atoms with van der Waals surface area (Å²) in [7, 11) is 0. The lowest BCUT2D eigenvalue weighted by Gasteiger charge is -1.92. The molecule has 74 valence electrons. The number of hydrogen-bond donors (Lipinski definition) is 0. The quantitative estimate of drug-likeness (QED) is 0.624. The molecular formula is C11H9N3S.